The lowest BCUT2D eigenvalue weighted by molar-refractivity contribution is -0.132. The van der Waals surface area contributed by atoms with Crippen molar-refractivity contribution in [3.8, 4) is 5.75 Å². The molecule has 1 aliphatic heterocycles. The number of hydrogen-bond acceptors (Lipinski definition) is 4. The van der Waals surface area contributed by atoms with Gasteiger partial charge in [0.2, 0.25) is 5.91 Å². The van der Waals surface area contributed by atoms with Crippen LogP contribution in [-0.2, 0) is 11.3 Å². The Balaban J connectivity index is 1.73. The standard InChI is InChI=1S/C21H25N3O3/c1-16(25)24(14-17-6-4-10-22-13-17)19-8-5-11-23(15-19)21(26)18-7-3-9-20(12-18)27-2/h3-4,6-7,9-10,12-13,19H,5,8,11,14-15H2,1-2H3. The number of pyridine rings is 1. The molecule has 0 spiro atoms. The summed E-state index contributed by atoms with van der Waals surface area (Å²) in [4.78, 5) is 33.0. The van der Waals surface area contributed by atoms with Crippen LogP contribution in [0.5, 0.6) is 5.75 Å². The third kappa shape index (κ3) is 4.64. The van der Waals surface area contributed by atoms with E-state index in [-0.39, 0.29) is 17.9 Å². The first-order chi connectivity index (χ1) is 13.1. The van der Waals surface area contributed by atoms with E-state index in [0.29, 0.717) is 30.9 Å². The summed E-state index contributed by atoms with van der Waals surface area (Å²) >= 11 is 0. The van der Waals surface area contributed by atoms with Crippen LogP contribution in [0.3, 0.4) is 0 Å². The Morgan fingerprint density at radius 2 is 2.15 bits per heavy atom. The summed E-state index contributed by atoms with van der Waals surface area (Å²) in [5.41, 5.74) is 1.60. The number of nitrogens with zero attached hydrogens (tertiary/aromatic N) is 3. The zero-order valence-corrected chi connectivity index (χ0v) is 15.8. The number of likely N-dealkylation sites (tertiary alicyclic amines) is 1. The van der Waals surface area contributed by atoms with Gasteiger partial charge in [0, 0.05) is 50.6 Å². The van der Waals surface area contributed by atoms with Gasteiger partial charge in [-0.1, -0.05) is 12.1 Å². The van der Waals surface area contributed by atoms with E-state index in [2.05, 4.69) is 4.98 Å². The number of benzene rings is 1. The zero-order valence-electron chi connectivity index (χ0n) is 15.8. The first kappa shape index (κ1) is 18.9. The minimum atomic E-state index is -0.0246. The molecule has 1 aromatic carbocycles. The third-order valence-corrected chi connectivity index (χ3v) is 4.92. The summed E-state index contributed by atoms with van der Waals surface area (Å²) in [6.07, 6.45) is 5.26. The smallest absolute Gasteiger partial charge is 0.254 e. The number of ether oxygens (including phenoxy) is 1. The average Bonchev–Trinajstić information content (AvgIpc) is 2.72. The molecule has 3 rings (SSSR count). The lowest BCUT2D eigenvalue weighted by atomic mass is 10.0. The molecular formula is C21H25N3O3. The highest BCUT2D eigenvalue weighted by Gasteiger charge is 2.30. The van der Waals surface area contributed by atoms with E-state index in [0.717, 1.165) is 18.4 Å². The summed E-state index contributed by atoms with van der Waals surface area (Å²) in [5, 5.41) is 0. The molecule has 1 fully saturated rings. The number of piperidine rings is 1. The normalized spacial score (nSPS) is 16.7. The van der Waals surface area contributed by atoms with Crippen molar-refractivity contribution in [3.63, 3.8) is 0 Å². The fourth-order valence-corrected chi connectivity index (χ4v) is 3.52. The zero-order chi connectivity index (χ0) is 19.2. The second-order valence-electron chi connectivity index (χ2n) is 6.79. The van der Waals surface area contributed by atoms with Crippen LogP contribution in [0.15, 0.2) is 48.8 Å². The molecule has 0 N–H and O–H groups in total. The van der Waals surface area contributed by atoms with Gasteiger partial charge in [0.15, 0.2) is 0 Å². The van der Waals surface area contributed by atoms with E-state index in [4.69, 9.17) is 4.74 Å². The molecule has 2 aromatic rings. The van der Waals surface area contributed by atoms with Gasteiger partial charge in [0.1, 0.15) is 5.75 Å². The highest BCUT2D eigenvalue weighted by atomic mass is 16.5. The summed E-state index contributed by atoms with van der Waals surface area (Å²) < 4.78 is 5.22. The molecule has 0 saturated carbocycles. The number of carbonyl (C=O) groups is 2. The lowest BCUT2D eigenvalue weighted by Crippen LogP contribution is -2.51. The molecule has 1 aromatic heterocycles. The molecule has 6 nitrogen and oxygen atoms in total. The van der Waals surface area contributed by atoms with Gasteiger partial charge >= 0.3 is 0 Å². The lowest BCUT2D eigenvalue weighted by Gasteiger charge is -2.39. The van der Waals surface area contributed by atoms with Crippen LogP contribution >= 0.6 is 0 Å². The fourth-order valence-electron chi connectivity index (χ4n) is 3.52. The monoisotopic (exact) mass is 367 g/mol. The van der Waals surface area contributed by atoms with E-state index in [9.17, 15) is 9.59 Å². The predicted molar refractivity (Wildman–Crippen MR) is 102 cm³/mol. The summed E-state index contributed by atoms with van der Waals surface area (Å²) in [5.74, 6) is 0.652. The van der Waals surface area contributed by atoms with Gasteiger partial charge in [-0.2, -0.15) is 0 Å². The minimum absolute atomic E-state index is 0.00557. The van der Waals surface area contributed by atoms with E-state index < -0.39 is 0 Å². The Morgan fingerprint density at radius 3 is 2.85 bits per heavy atom. The minimum Gasteiger partial charge on any atom is -0.497 e. The second-order valence-corrected chi connectivity index (χ2v) is 6.79. The number of rotatable bonds is 5. The van der Waals surface area contributed by atoms with Crippen molar-refractivity contribution in [1.29, 1.82) is 0 Å². The van der Waals surface area contributed by atoms with Gasteiger partial charge < -0.3 is 14.5 Å². The molecule has 1 aliphatic rings. The predicted octanol–water partition coefficient (Wildman–Crippen LogP) is 2.74. The van der Waals surface area contributed by atoms with Gasteiger partial charge in [-0.15, -0.1) is 0 Å². The van der Waals surface area contributed by atoms with E-state index in [1.807, 2.05) is 34.1 Å². The Hall–Kier alpha value is -2.89. The number of aromatic nitrogens is 1. The molecule has 1 saturated heterocycles. The van der Waals surface area contributed by atoms with Crippen molar-refractivity contribution in [2.45, 2.75) is 32.4 Å². The summed E-state index contributed by atoms with van der Waals surface area (Å²) in [6, 6.07) is 11.0. The van der Waals surface area contributed by atoms with Crippen molar-refractivity contribution in [3.05, 3.63) is 59.9 Å². The maximum absolute atomic E-state index is 12.9. The molecule has 2 amide bonds. The van der Waals surface area contributed by atoms with E-state index in [1.54, 1.807) is 38.6 Å². The number of methoxy groups -OCH3 is 1. The van der Waals surface area contributed by atoms with Crippen LogP contribution in [0, 0.1) is 0 Å². The largest absolute Gasteiger partial charge is 0.497 e. The van der Waals surface area contributed by atoms with Gasteiger partial charge in [-0.25, -0.2) is 0 Å². The molecule has 27 heavy (non-hydrogen) atoms. The molecule has 6 heteroatoms. The molecular weight excluding hydrogens is 342 g/mol. The third-order valence-electron chi connectivity index (χ3n) is 4.92. The quantitative estimate of drug-likeness (QED) is 0.815. The van der Waals surface area contributed by atoms with Crippen molar-refractivity contribution in [1.82, 2.24) is 14.8 Å². The van der Waals surface area contributed by atoms with Crippen molar-refractivity contribution in [2.75, 3.05) is 20.2 Å². The molecule has 1 unspecified atom stereocenters. The highest BCUT2D eigenvalue weighted by molar-refractivity contribution is 5.94. The van der Waals surface area contributed by atoms with Crippen LogP contribution < -0.4 is 4.74 Å². The average molecular weight is 367 g/mol. The van der Waals surface area contributed by atoms with Crippen molar-refractivity contribution >= 4 is 11.8 Å². The first-order valence-electron chi connectivity index (χ1n) is 9.18. The van der Waals surface area contributed by atoms with Gasteiger partial charge in [-0.3, -0.25) is 14.6 Å². The first-order valence-corrected chi connectivity index (χ1v) is 9.18. The molecule has 0 bridgehead atoms. The number of carbonyl (C=O) groups excluding carboxylic acids is 2. The highest BCUT2D eigenvalue weighted by Crippen LogP contribution is 2.21. The fraction of sp³-hybridized carbons (Fsp3) is 0.381. The Morgan fingerprint density at radius 1 is 1.30 bits per heavy atom. The molecule has 142 valence electrons. The van der Waals surface area contributed by atoms with Crippen LogP contribution in [0.1, 0.15) is 35.7 Å². The van der Waals surface area contributed by atoms with Crippen LogP contribution in [0.4, 0.5) is 0 Å². The van der Waals surface area contributed by atoms with Gasteiger partial charge in [-0.05, 0) is 42.7 Å². The molecule has 0 aliphatic carbocycles. The molecule has 1 atom stereocenters. The summed E-state index contributed by atoms with van der Waals surface area (Å²) in [6.45, 7) is 3.33. The summed E-state index contributed by atoms with van der Waals surface area (Å²) in [7, 11) is 1.59. The van der Waals surface area contributed by atoms with Gasteiger partial charge in [0.25, 0.3) is 5.91 Å². The van der Waals surface area contributed by atoms with Crippen molar-refractivity contribution in [2.24, 2.45) is 0 Å². The van der Waals surface area contributed by atoms with Crippen LogP contribution in [-0.4, -0.2) is 52.8 Å². The number of amides is 2. The second kappa shape index (κ2) is 8.66. The van der Waals surface area contributed by atoms with Crippen molar-refractivity contribution < 1.29 is 14.3 Å². The maximum Gasteiger partial charge on any atom is 0.254 e. The Bertz CT molecular complexity index is 794. The van der Waals surface area contributed by atoms with Crippen LogP contribution in [0.25, 0.3) is 0 Å². The van der Waals surface area contributed by atoms with Crippen LogP contribution in [0.2, 0.25) is 0 Å². The van der Waals surface area contributed by atoms with E-state index in [1.165, 1.54) is 0 Å². The Kier molecular flexibility index (Phi) is 6.06. The SMILES string of the molecule is COc1cccc(C(=O)N2CCCC(N(Cc3cccnc3)C(C)=O)C2)c1. The van der Waals surface area contributed by atoms with Gasteiger partial charge in [0.05, 0.1) is 7.11 Å². The molecule has 0 radical (unpaired) electrons. The number of hydrogen-bond donors (Lipinski definition) is 0. The maximum atomic E-state index is 12.9. The van der Waals surface area contributed by atoms with E-state index >= 15 is 0 Å². The topological polar surface area (TPSA) is 62.7 Å². The Labute approximate surface area is 159 Å². The molecule has 2 heterocycles.